The van der Waals surface area contributed by atoms with Gasteiger partial charge in [0.1, 0.15) is 0 Å². The van der Waals surface area contributed by atoms with Crippen LogP contribution < -0.4 is 0 Å². The molecule has 0 unspecified atom stereocenters. The second-order valence-electron chi connectivity index (χ2n) is 3.18. The Morgan fingerprint density at radius 2 is 1.38 bits per heavy atom. The summed E-state index contributed by atoms with van der Waals surface area (Å²) in [6.45, 7) is 0. The fourth-order valence-corrected chi connectivity index (χ4v) is 3.31. The van der Waals surface area contributed by atoms with Crippen LogP contribution in [0.3, 0.4) is 0 Å². The zero-order valence-corrected chi connectivity index (χ0v) is 12.6. The van der Waals surface area contributed by atoms with E-state index in [1.54, 1.807) is 12.1 Å². The molecule has 1 radical (unpaired) electrons. The largest absolute Gasteiger partial charge is 0.0836 e. The highest BCUT2D eigenvalue weighted by Gasteiger charge is 2.09. The average molecular weight is 380 g/mol. The third kappa shape index (κ3) is 2.62. The third-order valence-corrected chi connectivity index (χ3v) is 3.56. The average Bonchev–Trinajstić information content (AvgIpc) is 2.15. The van der Waals surface area contributed by atoms with Gasteiger partial charge in [-0.25, -0.2) is 0 Å². The summed E-state index contributed by atoms with van der Waals surface area (Å²) in [4.78, 5) is 0. The van der Waals surface area contributed by atoms with Crippen molar-refractivity contribution < 1.29 is 0 Å². The Balaban J connectivity index is 2.67. The number of hydrogen-bond donors (Lipinski definition) is 0. The van der Waals surface area contributed by atoms with Crippen LogP contribution in [0.4, 0.5) is 0 Å². The first-order valence-electron chi connectivity index (χ1n) is 4.39. The fourth-order valence-electron chi connectivity index (χ4n) is 1.42. The van der Waals surface area contributed by atoms with Crippen LogP contribution in [0, 0.1) is 6.07 Å². The van der Waals surface area contributed by atoms with Gasteiger partial charge in [-0.15, -0.1) is 0 Å². The molecule has 0 nitrogen and oxygen atoms in total. The van der Waals surface area contributed by atoms with Crippen molar-refractivity contribution in [2.24, 2.45) is 0 Å². The highest BCUT2D eigenvalue weighted by molar-refractivity contribution is 9.11. The minimum absolute atomic E-state index is 0.595. The standard InChI is InChI=1S/C12H5Br2Cl2/c13-8-4-7(5-9(14)6-8)12-10(15)2-1-3-11(12)16/h2-6H. The van der Waals surface area contributed by atoms with Crippen LogP contribution >= 0.6 is 55.1 Å². The number of halogens is 4. The molecule has 0 saturated carbocycles. The highest BCUT2D eigenvalue weighted by Crippen LogP contribution is 2.36. The van der Waals surface area contributed by atoms with E-state index in [-0.39, 0.29) is 0 Å². The molecular formula is C12H5Br2Cl2. The highest BCUT2D eigenvalue weighted by atomic mass is 79.9. The molecule has 2 aromatic carbocycles. The van der Waals surface area contributed by atoms with Gasteiger partial charge >= 0.3 is 0 Å². The minimum atomic E-state index is 0.595. The molecule has 0 atom stereocenters. The van der Waals surface area contributed by atoms with E-state index in [9.17, 15) is 0 Å². The summed E-state index contributed by atoms with van der Waals surface area (Å²) in [5.74, 6) is 0. The Morgan fingerprint density at radius 1 is 0.875 bits per heavy atom. The van der Waals surface area contributed by atoms with Crippen LogP contribution in [0.15, 0.2) is 39.3 Å². The number of benzene rings is 2. The van der Waals surface area contributed by atoms with Crippen molar-refractivity contribution in [1.82, 2.24) is 0 Å². The van der Waals surface area contributed by atoms with E-state index in [4.69, 9.17) is 23.2 Å². The normalized spacial score (nSPS) is 10.5. The second kappa shape index (κ2) is 5.09. The maximum absolute atomic E-state index is 6.12. The molecule has 0 spiro atoms. The summed E-state index contributed by atoms with van der Waals surface area (Å²) in [6, 6.07) is 12.2. The van der Waals surface area contributed by atoms with Gasteiger partial charge in [-0.1, -0.05) is 55.1 Å². The fraction of sp³-hybridized carbons (Fsp3) is 0. The molecule has 0 amide bonds. The van der Waals surface area contributed by atoms with E-state index < -0.39 is 0 Å². The van der Waals surface area contributed by atoms with Crippen molar-refractivity contribution in [2.75, 3.05) is 0 Å². The van der Waals surface area contributed by atoms with Gasteiger partial charge in [-0.3, -0.25) is 0 Å². The molecule has 0 aliphatic heterocycles. The van der Waals surface area contributed by atoms with Crippen molar-refractivity contribution >= 4 is 55.1 Å². The van der Waals surface area contributed by atoms with Crippen molar-refractivity contribution in [2.45, 2.75) is 0 Å². The molecular weight excluding hydrogens is 375 g/mol. The lowest BCUT2D eigenvalue weighted by Gasteiger charge is -2.08. The Hall–Kier alpha value is -0.0200. The van der Waals surface area contributed by atoms with Gasteiger partial charge in [0.15, 0.2) is 0 Å². The van der Waals surface area contributed by atoms with E-state index in [1.165, 1.54) is 0 Å². The van der Waals surface area contributed by atoms with Crippen LogP contribution in [-0.4, -0.2) is 0 Å². The van der Waals surface area contributed by atoms with Crippen LogP contribution in [0.25, 0.3) is 11.1 Å². The summed E-state index contributed by atoms with van der Waals surface area (Å²) in [5.41, 5.74) is 1.79. The van der Waals surface area contributed by atoms with Crippen LogP contribution in [0.1, 0.15) is 0 Å². The maximum atomic E-state index is 6.12. The van der Waals surface area contributed by atoms with E-state index >= 15 is 0 Å². The molecule has 0 aromatic heterocycles. The molecule has 4 heteroatoms. The van der Waals surface area contributed by atoms with Crippen molar-refractivity contribution in [3.63, 3.8) is 0 Å². The number of rotatable bonds is 1. The lowest BCUT2D eigenvalue weighted by molar-refractivity contribution is 1.56. The topological polar surface area (TPSA) is 0 Å². The zero-order valence-electron chi connectivity index (χ0n) is 7.90. The van der Waals surface area contributed by atoms with Crippen LogP contribution in [0.2, 0.25) is 10.0 Å². The van der Waals surface area contributed by atoms with E-state index in [0.717, 1.165) is 20.1 Å². The van der Waals surface area contributed by atoms with E-state index in [0.29, 0.717) is 10.0 Å². The first-order chi connectivity index (χ1) is 7.58. The lowest BCUT2D eigenvalue weighted by Crippen LogP contribution is -1.82. The Morgan fingerprint density at radius 3 is 1.88 bits per heavy atom. The monoisotopic (exact) mass is 377 g/mol. The first-order valence-corrected chi connectivity index (χ1v) is 6.73. The van der Waals surface area contributed by atoms with E-state index in [1.807, 2.05) is 18.2 Å². The minimum Gasteiger partial charge on any atom is -0.0836 e. The van der Waals surface area contributed by atoms with Crippen LogP contribution in [-0.2, 0) is 0 Å². The molecule has 0 bridgehead atoms. The SMILES string of the molecule is Clc1c[c]cc(Cl)c1-c1cc(Br)cc(Br)c1. The smallest absolute Gasteiger partial charge is 0.0505 e. The molecule has 2 rings (SSSR count). The maximum Gasteiger partial charge on any atom is 0.0505 e. The van der Waals surface area contributed by atoms with Gasteiger partial charge in [0.25, 0.3) is 0 Å². The van der Waals surface area contributed by atoms with Crippen LogP contribution in [0.5, 0.6) is 0 Å². The summed E-state index contributed by atoms with van der Waals surface area (Å²) < 4.78 is 1.94. The summed E-state index contributed by atoms with van der Waals surface area (Å²) in [6.07, 6.45) is 0. The Kier molecular flexibility index (Phi) is 3.96. The summed E-state index contributed by atoms with van der Waals surface area (Å²) >= 11 is 19.1. The molecule has 0 aliphatic carbocycles. The lowest BCUT2D eigenvalue weighted by atomic mass is 10.1. The predicted molar refractivity (Wildman–Crippen MR) is 76.1 cm³/mol. The Bertz CT molecular complexity index is 498. The summed E-state index contributed by atoms with van der Waals surface area (Å²) in [7, 11) is 0. The predicted octanol–water partition coefficient (Wildman–Crippen LogP) is 5.99. The van der Waals surface area contributed by atoms with Gasteiger partial charge in [0.2, 0.25) is 0 Å². The molecule has 0 fully saturated rings. The molecule has 16 heavy (non-hydrogen) atoms. The second-order valence-corrected chi connectivity index (χ2v) is 5.83. The van der Waals surface area contributed by atoms with Gasteiger partial charge in [-0.05, 0) is 42.0 Å². The van der Waals surface area contributed by atoms with Gasteiger partial charge in [-0.2, -0.15) is 0 Å². The molecule has 0 aliphatic rings. The van der Waals surface area contributed by atoms with Crippen molar-refractivity contribution in [1.29, 1.82) is 0 Å². The molecule has 0 saturated heterocycles. The molecule has 0 N–H and O–H groups in total. The van der Waals surface area contributed by atoms with Crippen molar-refractivity contribution in [3.05, 3.63) is 55.4 Å². The van der Waals surface area contributed by atoms with E-state index in [2.05, 4.69) is 37.9 Å². The van der Waals surface area contributed by atoms with Crippen molar-refractivity contribution in [3.8, 4) is 11.1 Å². The molecule has 81 valence electrons. The third-order valence-electron chi connectivity index (χ3n) is 2.05. The zero-order chi connectivity index (χ0) is 11.7. The van der Waals surface area contributed by atoms with Gasteiger partial charge < -0.3 is 0 Å². The number of hydrogen-bond acceptors (Lipinski definition) is 0. The van der Waals surface area contributed by atoms with Gasteiger partial charge in [0, 0.05) is 14.5 Å². The summed E-state index contributed by atoms with van der Waals surface area (Å²) in [5, 5.41) is 1.19. The van der Waals surface area contributed by atoms with Gasteiger partial charge in [0.05, 0.1) is 10.0 Å². The molecule has 0 heterocycles. The quantitative estimate of drug-likeness (QED) is 0.571. The molecule has 2 aromatic rings. The first kappa shape index (κ1) is 12.4. The Labute approximate surface area is 121 Å².